The van der Waals surface area contributed by atoms with E-state index in [1.807, 2.05) is 12.1 Å². The molecule has 1 aromatic rings. The Morgan fingerprint density at radius 1 is 1.25 bits per heavy atom. The number of anilines is 1. The third-order valence-electron chi connectivity index (χ3n) is 2.96. The summed E-state index contributed by atoms with van der Waals surface area (Å²) in [5.41, 5.74) is 0. The summed E-state index contributed by atoms with van der Waals surface area (Å²) in [6, 6.07) is 6.04. The predicted molar refractivity (Wildman–Crippen MR) is 63.0 cm³/mol. The zero-order chi connectivity index (χ0) is 10.8. The smallest absolute Gasteiger partial charge is 0.215 e. The van der Waals surface area contributed by atoms with Gasteiger partial charge in [-0.05, 0) is 18.9 Å². The molecule has 0 amide bonds. The molecule has 0 radical (unpaired) electrons. The van der Waals surface area contributed by atoms with E-state index in [1.165, 1.54) is 12.8 Å². The molecule has 1 aromatic heterocycles. The number of aromatic nitrogens is 1. The van der Waals surface area contributed by atoms with E-state index in [1.54, 1.807) is 0 Å². The molecule has 4 nitrogen and oxygen atoms in total. The lowest BCUT2D eigenvalue weighted by Crippen LogP contribution is -2.43. The Morgan fingerprint density at radius 3 is 2.81 bits per heavy atom. The van der Waals surface area contributed by atoms with E-state index in [0.29, 0.717) is 6.10 Å². The van der Waals surface area contributed by atoms with Crippen molar-refractivity contribution in [2.75, 3.05) is 31.1 Å². The summed E-state index contributed by atoms with van der Waals surface area (Å²) in [6.07, 6.45) is 2.78. The second-order valence-corrected chi connectivity index (χ2v) is 4.39. The average molecular weight is 219 g/mol. The van der Waals surface area contributed by atoms with Gasteiger partial charge in [-0.2, -0.15) is 4.98 Å². The van der Waals surface area contributed by atoms with E-state index in [4.69, 9.17) is 4.74 Å². The predicted octanol–water partition coefficient (Wildman–Crippen LogP) is 1.03. The van der Waals surface area contributed by atoms with Gasteiger partial charge in [0, 0.05) is 32.2 Å². The lowest BCUT2D eigenvalue weighted by Gasteiger charge is -2.28. The Hall–Kier alpha value is -1.29. The minimum absolute atomic E-state index is 0.422. The molecule has 0 aromatic carbocycles. The summed E-state index contributed by atoms with van der Waals surface area (Å²) in [6.45, 7) is 4.13. The van der Waals surface area contributed by atoms with Gasteiger partial charge in [-0.15, -0.1) is 0 Å². The Kier molecular flexibility index (Phi) is 2.66. The molecule has 0 unspecified atom stereocenters. The molecular weight excluding hydrogens is 202 g/mol. The molecule has 1 aliphatic carbocycles. The number of nitrogens with one attached hydrogen (secondary N) is 1. The SMILES string of the molecule is c1cc(OC2CC2)nc(N2CCNCC2)c1. The molecule has 1 aliphatic heterocycles. The van der Waals surface area contributed by atoms with Gasteiger partial charge in [0.2, 0.25) is 5.88 Å². The molecular formula is C12H17N3O. The Bertz CT molecular complexity index is 359. The van der Waals surface area contributed by atoms with Crippen LogP contribution in [0.15, 0.2) is 18.2 Å². The van der Waals surface area contributed by atoms with Crippen LogP contribution in [0.4, 0.5) is 5.82 Å². The van der Waals surface area contributed by atoms with Gasteiger partial charge in [0.1, 0.15) is 11.9 Å². The number of nitrogens with zero attached hydrogens (tertiary/aromatic N) is 2. The monoisotopic (exact) mass is 219 g/mol. The number of pyridine rings is 1. The Labute approximate surface area is 95.6 Å². The van der Waals surface area contributed by atoms with Crippen LogP contribution in [-0.4, -0.2) is 37.3 Å². The second-order valence-electron chi connectivity index (χ2n) is 4.39. The van der Waals surface area contributed by atoms with E-state index in [-0.39, 0.29) is 0 Å². The molecule has 2 heterocycles. The van der Waals surface area contributed by atoms with Crippen LogP contribution in [0.1, 0.15) is 12.8 Å². The summed E-state index contributed by atoms with van der Waals surface area (Å²) in [5.74, 6) is 1.82. The summed E-state index contributed by atoms with van der Waals surface area (Å²) in [7, 11) is 0. The van der Waals surface area contributed by atoms with Gasteiger partial charge in [-0.1, -0.05) is 6.07 Å². The Morgan fingerprint density at radius 2 is 2.06 bits per heavy atom. The van der Waals surface area contributed by atoms with Gasteiger partial charge in [0.15, 0.2) is 0 Å². The molecule has 2 fully saturated rings. The van der Waals surface area contributed by atoms with Crippen molar-refractivity contribution in [1.82, 2.24) is 10.3 Å². The van der Waals surface area contributed by atoms with Crippen molar-refractivity contribution in [2.45, 2.75) is 18.9 Å². The molecule has 1 N–H and O–H groups in total. The zero-order valence-electron chi connectivity index (χ0n) is 9.35. The summed E-state index contributed by atoms with van der Waals surface area (Å²) < 4.78 is 5.70. The van der Waals surface area contributed by atoms with Crippen LogP contribution >= 0.6 is 0 Å². The van der Waals surface area contributed by atoms with E-state index >= 15 is 0 Å². The third-order valence-corrected chi connectivity index (χ3v) is 2.96. The molecule has 16 heavy (non-hydrogen) atoms. The van der Waals surface area contributed by atoms with Crippen LogP contribution in [0.2, 0.25) is 0 Å². The fraction of sp³-hybridized carbons (Fsp3) is 0.583. The third kappa shape index (κ3) is 2.27. The van der Waals surface area contributed by atoms with Crippen molar-refractivity contribution < 1.29 is 4.74 Å². The molecule has 86 valence electrons. The average Bonchev–Trinajstić information content (AvgIpc) is 3.15. The maximum Gasteiger partial charge on any atom is 0.215 e. The fourth-order valence-corrected chi connectivity index (χ4v) is 1.90. The summed E-state index contributed by atoms with van der Waals surface area (Å²) in [5, 5.41) is 3.34. The van der Waals surface area contributed by atoms with Crippen molar-refractivity contribution in [3.8, 4) is 5.88 Å². The first-order valence-corrected chi connectivity index (χ1v) is 6.01. The van der Waals surface area contributed by atoms with Crippen LogP contribution in [0.3, 0.4) is 0 Å². The van der Waals surface area contributed by atoms with Gasteiger partial charge in [-0.3, -0.25) is 0 Å². The quantitative estimate of drug-likeness (QED) is 0.824. The van der Waals surface area contributed by atoms with Crippen LogP contribution in [-0.2, 0) is 0 Å². The lowest BCUT2D eigenvalue weighted by atomic mass is 10.3. The highest BCUT2D eigenvalue weighted by Gasteiger charge is 2.24. The first-order valence-electron chi connectivity index (χ1n) is 6.01. The van der Waals surface area contributed by atoms with Gasteiger partial charge in [0.25, 0.3) is 0 Å². The first-order chi connectivity index (χ1) is 7.92. The van der Waals surface area contributed by atoms with Crippen molar-refractivity contribution >= 4 is 5.82 Å². The number of hydrogen-bond acceptors (Lipinski definition) is 4. The maximum atomic E-state index is 5.70. The zero-order valence-corrected chi connectivity index (χ0v) is 9.35. The highest BCUT2D eigenvalue weighted by atomic mass is 16.5. The molecule has 4 heteroatoms. The molecule has 0 atom stereocenters. The lowest BCUT2D eigenvalue weighted by molar-refractivity contribution is 0.291. The highest BCUT2D eigenvalue weighted by molar-refractivity contribution is 5.41. The largest absolute Gasteiger partial charge is 0.474 e. The van der Waals surface area contributed by atoms with Crippen LogP contribution in [0, 0.1) is 0 Å². The van der Waals surface area contributed by atoms with Crippen molar-refractivity contribution in [1.29, 1.82) is 0 Å². The van der Waals surface area contributed by atoms with E-state index in [0.717, 1.165) is 37.9 Å². The Balaban J connectivity index is 1.72. The van der Waals surface area contributed by atoms with Gasteiger partial charge >= 0.3 is 0 Å². The number of piperazine rings is 1. The van der Waals surface area contributed by atoms with E-state index < -0.39 is 0 Å². The van der Waals surface area contributed by atoms with Crippen molar-refractivity contribution in [2.24, 2.45) is 0 Å². The molecule has 0 bridgehead atoms. The molecule has 3 rings (SSSR count). The molecule has 1 saturated carbocycles. The van der Waals surface area contributed by atoms with E-state index in [9.17, 15) is 0 Å². The van der Waals surface area contributed by atoms with Crippen LogP contribution in [0.25, 0.3) is 0 Å². The van der Waals surface area contributed by atoms with Gasteiger partial charge in [-0.25, -0.2) is 0 Å². The van der Waals surface area contributed by atoms with Crippen LogP contribution in [0.5, 0.6) is 5.88 Å². The molecule has 1 saturated heterocycles. The summed E-state index contributed by atoms with van der Waals surface area (Å²) in [4.78, 5) is 6.85. The number of rotatable bonds is 3. The molecule has 2 aliphatic rings. The highest BCUT2D eigenvalue weighted by Crippen LogP contribution is 2.26. The minimum atomic E-state index is 0.422. The standard InChI is InChI=1S/C12H17N3O/c1-2-11(15-8-6-13-7-9-15)14-12(3-1)16-10-4-5-10/h1-3,10,13H,4-9H2. The van der Waals surface area contributed by atoms with Crippen molar-refractivity contribution in [3.63, 3.8) is 0 Å². The normalized spacial score (nSPS) is 20.9. The second kappa shape index (κ2) is 4.29. The van der Waals surface area contributed by atoms with E-state index in [2.05, 4.69) is 21.3 Å². The molecule has 0 spiro atoms. The first kappa shape index (κ1) is 9.90. The topological polar surface area (TPSA) is 37.4 Å². The van der Waals surface area contributed by atoms with Gasteiger partial charge in [0.05, 0.1) is 0 Å². The number of hydrogen-bond donors (Lipinski definition) is 1. The maximum absolute atomic E-state index is 5.70. The van der Waals surface area contributed by atoms with Crippen LogP contribution < -0.4 is 15.0 Å². The number of ether oxygens (including phenoxy) is 1. The van der Waals surface area contributed by atoms with Gasteiger partial charge < -0.3 is 15.0 Å². The summed E-state index contributed by atoms with van der Waals surface area (Å²) >= 11 is 0. The minimum Gasteiger partial charge on any atom is -0.474 e. The van der Waals surface area contributed by atoms with Crippen molar-refractivity contribution in [3.05, 3.63) is 18.2 Å². The fourth-order valence-electron chi connectivity index (χ4n) is 1.90.